The largest absolute Gasteiger partial charge is 0.394 e. The van der Waals surface area contributed by atoms with Crippen LogP contribution in [-0.2, 0) is 21.2 Å². The molecule has 2 unspecified atom stereocenters. The number of nitrogens with zero attached hydrogens (tertiary/aromatic N) is 2. The van der Waals surface area contributed by atoms with Crippen molar-refractivity contribution in [3.63, 3.8) is 0 Å². The summed E-state index contributed by atoms with van der Waals surface area (Å²) in [6.07, 6.45) is 1.28. The van der Waals surface area contributed by atoms with Gasteiger partial charge in [0.25, 0.3) is 5.91 Å². The van der Waals surface area contributed by atoms with Crippen molar-refractivity contribution in [3.8, 4) is 0 Å². The second-order valence-electron chi connectivity index (χ2n) is 8.25. The Bertz CT molecular complexity index is 1100. The van der Waals surface area contributed by atoms with E-state index in [2.05, 4.69) is 10.4 Å². The maximum absolute atomic E-state index is 13.7. The zero-order valence-corrected chi connectivity index (χ0v) is 18.1. The number of nitrogens with one attached hydrogen (secondary N) is 1. The van der Waals surface area contributed by atoms with Gasteiger partial charge in [0.2, 0.25) is 0 Å². The number of aliphatic hydroxyl groups is 1. The summed E-state index contributed by atoms with van der Waals surface area (Å²) in [5, 5.41) is 15.5. The van der Waals surface area contributed by atoms with Crippen LogP contribution < -0.4 is 5.32 Å². The number of carbonyl (C=O) groups excluding carboxylic acids is 1. The Morgan fingerprint density at radius 2 is 1.81 bits per heavy atom. The third kappa shape index (κ3) is 4.91. The molecule has 2 N–H and O–H groups in total. The number of halogens is 2. The summed E-state index contributed by atoms with van der Waals surface area (Å²) in [6.45, 7) is 0.167. The van der Waals surface area contributed by atoms with Crippen molar-refractivity contribution >= 4 is 27.1 Å². The predicted molar refractivity (Wildman–Crippen MR) is 115 cm³/mol. The average molecular weight is 466 g/mol. The molecule has 1 amide bonds. The molecule has 1 aromatic carbocycles. The van der Waals surface area contributed by atoms with Gasteiger partial charge in [-0.2, -0.15) is 5.10 Å². The van der Waals surface area contributed by atoms with Crippen LogP contribution in [0.15, 0.2) is 47.5 Å². The van der Waals surface area contributed by atoms with Crippen molar-refractivity contribution < 1.29 is 27.1 Å². The standard InChI is InChI=1S/C22H25F2N3O4S/c23-19-12-14(13-20(19)24)11-18(22(29)25-21-7-8-27(26-21)9-10-28)15-1-3-16(4-2-15)32(30,31)17-5-6-17/h1-4,7-8,11,14,17,19-20,28H,5-6,9-10,12-13H2,(H,25,26,29)/b18-11+. The van der Waals surface area contributed by atoms with Gasteiger partial charge in [-0.05, 0) is 49.3 Å². The van der Waals surface area contributed by atoms with E-state index in [0.29, 0.717) is 18.4 Å². The van der Waals surface area contributed by atoms with E-state index in [-0.39, 0.29) is 47.5 Å². The number of anilines is 1. The van der Waals surface area contributed by atoms with Gasteiger partial charge in [-0.3, -0.25) is 9.48 Å². The molecule has 0 aliphatic heterocycles. The van der Waals surface area contributed by atoms with Gasteiger partial charge in [0, 0.05) is 17.8 Å². The Balaban J connectivity index is 1.60. The molecule has 1 aromatic heterocycles. The summed E-state index contributed by atoms with van der Waals surface area (Å²) in [5.74, 6) is -0.710. The monoisotopic (exact) mass is 465 g/mol. The minimum atomic E-state index is -3.37. The summed E-state index contributed by atoms with van der Waals surface area (Å²) in [5.41, 5.74) is 0.646. The van der Waals surface area contributed by atoms with Gasteiger partial charge in [-0.15, -0.1) is 0 Å². The number of aromatic nitrogens is 2. The Hall–Kier alpha value is -2.59. The Labute approximate surface area is 185 Å². The summed E-state index contributed by atoms with van der Waals surface area (Å²) in [7, 11) is -3.37. The zero-order valence-electron chi connectivity index (χ0n) is 17.3. The van der Waals surface area contributed by atoms with Crippen molar-refractivity contribution in [1.29, 1.82) is 0 Å². The third-order valence-electron chi connectivity index (χ3n) is 5.76. The van der Waals surface area contributed by atoms with Crippen molar-refractivity contribution in [2.45, 2.75) is 54.7 Å². The summed E-state index contributed by atoms with van der Waals surface area (Å²) in [6, 6.07) is 7.58. The fourth-order valence-corrected chi connectivity index (χ4v) is 5.54. The lowest BCUT2D eigenvalue weighted by molar-refractivity contribution is -0.111. The highest BCUT2D eigenvalue weighted by atomic mass is 32.2. The minimum absolute atomic E-state index is 0.0167. The van der Waals surface area contributed by atoms with Crippen LogP contribution in [0.5, 0.6) is 0 Å². The Morgan fingerprint density at radius 1 is 1.16 bits per heavy atom. The Kier molecular flexibility index (Phi) is 6.43. The van der Waals surface area contributed by atoms with Crippen LogP contribution in [0.2, 0.25) is 0 Å². The molecule has 1 heterocycles. The van der Waals surface area contributed by atoms with Crippen molar-refractivity contribution in [2.24, 2.45) is 5.92 Å². The van der Waals surface area contributed by atoms with E-state index >= 15 is 0 Å². The molecule has 2 aromatic rings. The van der Waals surface area contributed by atoms with Gasteiger partial charge in [-0.1, -0.05) is 18.2 Å². The second kappa shape index (κ2) is 9.11. The summed E-state index contributed by atoms with van der Waals surface area (Å²) in [4.78, 5) is 13.2. The van der Waals surface area contributed by atoms with E-state index in [9.17, 15) is 22.0 Å². The first-order valence-corrected chi connectivity index (χ1v) is 12.1. The zero-order chi connectivity index (χ0) is 22.9. The van der Waals surface area contributed by atoms with Crippen molar-refractivity contribution in [3.05, 3.63) is 48.2 Å². The molecule has 0 bridgehead atoms. The van der Waals surface area contributed by atoms with Gasteiger partial charge in [-0.25, -0.2) is 17.2 Å². The molecular weight excluding hydrogens is 440 g/mol. The van der Waals surface area contributed by atoms with Crippen LogP contribution in [0.3, 0.4) is 0 Å². The molecule has 2 aliphatic carbocycles. The van der Waals surface area contributed by atoms with Crippen LogP contribution in [0.1, 0.15) is 31.2 Å². The lowest BCUT2D eigenvalue weighted by atomic mass is 9.98. The average Bonchev–Trinajstić information content (AvgIpc) is 3.47. The fraction of sp³-hybridized carbons (Fsp3) is 0.455. The number of sulfone groups is 1. The van der Waals surface area contributed by atoms with Crippen molar-refractivity contribution in [2.75, 3.05) is 11.9 Å². The Morgan fingerprint density at radius 3 is 2.41 bits per heavy atom. The number of benzene rings is 1. The van der Waals surface area contributed by atoms with Gasteiger partial charge in [0.15, 0.2) is 15.7 Å². The molecule has 0 saturated heterocycles. The quantitative estimate of drug-likeness (QED) is 0.584. The predicted octanol–water partition coefficient (Wildman–Crippen LogP) is 2.92. The number of alkyl halides is 2. The van der Waals surface area contributed by atoms with E-state index in [1.165, 1.54) is 16.8 Å². The van der Waals surface area contributed by atoms with E-state index in [4.69, 9.17) is 5.11 Å². The highest BCUT2D eigenvalue weighted by Gasteiger charge is 2.37. The maximum Gasteiger partial charge on any atom is 0.257 e. The number of rotatable bonds is 8. The number of amides is 1. The first-order valence-electron chi connectivity index (χ1n) is 10.6. The molecule has 0 spiro atoms. The normalized spacial score (nSPS) is 24.0. The van der Waals surface area contributed by atoms with Gasteiger partial charge in [0.1, 0.15) is 12.3 Å². The van der Waals surface area contributed by atoms with Crippen LogP contribution in [0.25, 0.3) is 5.57 Å². The molecule has 2 aliphatic rings. The maximum atomic E-state index is 13.7. The summed E-state index contributed by atoms with van der Waals surface area (Å²) >= 11 is 0. The van der Waals surface area contributed by atoms with Crippen LogP contribution >= 0.6 is 0 Å². The molecular formula is C22H25F2N3O4S. The SMILES string of the molecule is O=C(Nc1ccn(CCO)n1)/C(=C/C1CC(F)C(F)C1)c1ccc(S(=O)(=O)C2CC2)cc1. The number of hydrogen-bond acceptors (Lipinski definition) is 5. The number of carbonyl (C=O) groups is 1. The van der Waals surface area contributed by atoms with Crippen molar-refractivity contribution in [1.82, 2.24) is 9.78 Å². The highest BCUT2D eigenvalue weighted by molar-refractivity contribution is 7.92. The van der Waals surface area contributed by atoms with Gasteiger partial charge < -0.3 is 10.4 Å². The number of allylic oxidation sites excluding steroid dienone is 1. The smallest absolute Gasteiger partial charge is 0.257 e. The molecule has 2 fully saturated rings. The molecule has 7 nitrogen and oxygen atoms in total. The van der Waals surface area contributed by atoms with Crippen LogP contribution in [-0.4, -0.2) is 53.4 Å². The highest BCUT2D eigenvalue weighted by Crippen LogP contribution is 2.36. The van der Waals surface area contributed by atoms with Gasteiger partial charge >= 0.3 is 0 Å². The molecule has 2 saturated carbocycles. The minimum Gasteiger partial charge on any atom is -0.394 e. The number of aliphatic hydroxyl groups excluding tert-OH is 1. The van der Waals surface area contributed by atoms with E-state index in [1.54, 1.807) is 30.5 Å². The molecule has 10 heteroatoms. The van der Waals surface area contributed by atoms with Crippen LogP contribution in [0.4, 0.5) is 14.6 Å². The second-order valence-corrected chi connectivity index (χ2v) is 10.5. The first kappa shape index (κ1) is 22.6. The lowest BCUT2D eigenvalue weighted by Gasteiger charge is -2.12. The molecule has 172 valence electrons. The molecule has 0 radical (unpaired) electrons. The van der Waals surface area contributed by atoms with Crippen LogP contribution in [0, 0.1) is 5.92 Å². The first-order chi connectivity index (χ1) is 15.3. The van der Waals surface area contributed by atoms with E-state index in [0.717, 1.165) is 0 Å². The molecule has 32 heavy (non-hydrogen) atoms. The number of hydrogen-bond donors (Lipinski definition) is 2. The molecule has 4 rings (SSSR count). The fourth-order valence-electron chi connectivity index (χ4n) is 3.88. The molecule has 2 atom stereocenters. The van der Waals surface area contributed by atoms with E-state index < -0.39 is 34.0 Å². The lowest BCUT2D eigenvalue weighted by Crippen LogP contribution is -2.16. The van der Waals surface area contributed by atoms with Gasteiger partial charge in [0.05, 0.1) is 23.3 Å². The summed E-state index contributed by atoms with van der Waals surface area (Å²) < 4.78 is 53.8. The van der Waals surface area contributed by atoms with E-state index in [1.807, 2.05) is 0 Å². The third-order valence-corrected chi connectivity index (χ3v) is 8.04. The topological polar surface area (TPSA) is 101 Å².